The zero-order valence-corrected chi connectivity index (χ0v) is 14.7. The second-order valence-electron chi connectivity index (χ2n) is 6.00. The summed E-state index contributed by atoms with van der Waals surface area (Å²) in [6.45, 7) is 1.14. The standard InChI is InChI=1S/C14H17F3N6O2S/c1-21-11(14(15,16)17)20-23(13(21)25)9-2-5-22(6-3-9)8-10(24)19-12-18-4-7-26-12/h4,7,9H,2-3,5-6,8H2,1H3,(H,18,19,24). The SMILES string of the molecule is Cn1c(C(F)(F)F)nn(C2CCN(CC(=O)Nc3nccs3)CC2)c1=O. The van der Waals surface area contributed by atoms with Crippen LogP contribution in [-0.2, 0) is 18.0 Å². The molecule has 142 valence electrons. The molecule has 0 aliphatic carbocycles. The van der Waals surface area contributed by atoms with E-state index in [9.17, 15) is 22.8 Å². The topological polar surface area (TPSA) is 85.1 Å². The highest BCUT2D eigenvalue weighted by molar-refractivity contribution is 7.13. The molecule has 12 heteroatoms. The fraction of sp³-hybridized carbons (Fsp3) is 0.571. The molecule has 2 aromatic rings. The van der Waals surface area contributed by atoms with Crippen LogP contribution in [0.2, 0.25) is 0 Å². The van der Waals surface area contributed by atoms with E-state index in [4.69, 9.17) is 0 Å². The third-order valence-electron chi connectivity index (χ3n) is 4.21. The molecule has 2 aromatic heterocycles. The van der Waals surface area contributed by atoms with E-state index < -0.39 is 23.7 Å². The van der Waals surface area contributed by atoms with E-state index in [1.165, 1.54) is 11.3 Å². The van der Waals surface area contributed by atoms with Gasteiger partial charge in [-0.05, 0) is 12.8 Å². The van der Waals surface area contributed by atoms with Gasteiger partial charge in [0.15, 0.2) is 5.13 Å². The van der Waals surface area contributed by atoms with E-state index in [1.54, 1.807) is 11.6 Å². The average molecular weight is 390 g/mol. The van der Waals surface area contributed by atoms with Crippen LogP contribution in [0.5, 0.6) is 0 Å². The van der Waals surface area contributed by atoms with Crippen LogP contribution in [0.3, 0.4) is 0 Å². The summed E-state index contributed by atoms with van der Waals surface area (Å²) < 4.78 is 40.1. The molecule has 0 radical (unpaired) electrons. The van der Waals surface area contributed by atoms with E-state index in [1.807, 2.05) is 4.90 Å². The summed E-state index contributed by atoms with van der Waals surface area (Å²) in [5.74, 6) is -1.40. The largest absolute Gasteiger partial charge is 0.451 e. The molecule has 0 aromatic carbocycles. The number of hydrogen-bond acceptors (Lipinski definition) is 6. The number of aromatic nitrogens is 4. The fourth-order valence-electron chi connectivity index (χ4n) is 2.91. The van der Waals surface area contributed by atoms with Gasteiger partial charge in [0.2, 0.25) is 11.7 Å². The third kappa shape index (κ3) is 3.96. The maximum absolute atomic E-state index is 12.9. The molecular formula is C14H17F3N6O2S. The first kappa shape index (κ1) is 18.6. The number of carbonyl (C=O) groups is 1. The van der Waals surface area contributed by atoms with Gasteiger partial charge in [0.1, 0.15) is 0 Å². The summed E-state index contributed by atoms with van der Waals surface area (Å²) in [5, 5.41) is 8.43. The summed E-state index contributed by atoms with van der Waals surface area (Å²) in [5.41, 5.74) is -0.780. The third-order valence-corrected chi connectivity index (χ3v) is 4.89. The van der Waals surface area contributed by atoms with Gasteiger partial charge in [-0.25, -0.2) is 14.5 Å². The van der Waals surface area contributed by atoms with Gasteiger partial charge >= 0.3 is 11.9 Å². The summed E-state index contributed by atoms with van der Waals surface area (Å²) in [6.07, 6.45) is -2.20. The summed E-state index contributed by atoms with van der Waals surface area (Å²) >= 11 is 1.32. The van der Waals surface area contributed by atoms with Crippen LogP contribution in [0.4, 0.5) is 18.3 Å². The molecule has 0 saturated carbocycles. The Morgan fingerprint density at radius 2 is 2.08 bits per heavy atom. The molecule has 1 aliphatic heterocycles. The van der Waals surface area contributed by atoms with Gasteiger partial charge in [0.05, 0.1) is 12.6 Å². The van der Waals surface area contributed by atoms with E-state index in [0.717, 1.165) is 11.7 Å². The van der Waals surface area contributed by atoms with Crippen molar-refractivity contribution in [1.82, 2.24) is 24.2 Å². The monoisotopic (exact) mass is 390 g/mol. The smallest absolute Gasteiger partial charge is 0.301 e. The highest BCUT2D eigenvalue weighted by Crippen LogP contribution is 2.28. The van der Waals surface area contributed by atoms with Crippen molar-refractivity contribution in [2.75, 3.05) is 25.0 Å². The number of thiazole rings is 1. The molecule has 8 nitrogen and oxygen atoms in total. The van der Waals surface area contributed by atoms with Crippen LogP contribution in [-0.4, -0.2) is 49.8 Å². The van der Waals surface area contributed by atoms with E-state index in [-0.39, 0.29) is 12.5 Å². The first-order valence-electron chi connectivity index (χ1n) is 7.90. The molecule has 0 atom stereocenters. The number of nitrogens with one attached hydrogen (secondary N) is 1. The Kier molecular flexibility index (Phi) is 5.14. The number of likely N-dealkylation sites (tertiary alicyclic amines) is 1. The number of anilines is 1. The van der Waals surface area contributed by atoms with Crippen LogP contribution < -0.4 is 11.0 Å². The lowest BCUT2D eigenvalue weighted by atomic mass is 10.1. The summed E-state index contributed by atoms with van der Waals surface area (Å²) in [4.78, 5) is 29.9. The Bertz CT molecular complexity index is 821. The predicted molar refractivity (Wildman–Crippen MR) is 87.9 cm³/mol. The van der Waals surface area contributed by atoms with Gasteiger partial charge in [0.25, 0.3) is 0 Å². The zero-order valence-electron chi connectivity index (χ0n) is 13.9. The van der Waals surface area contributed by atoms with E-state index >= 15 is 0 Å². The van der Waals surface area contributed by atoms with Crippen molar-refractivity contribution >= 4 is 22.4 Å². The van der Waals surface area contributed by atoms with Crippen molar-refractivity contribution in [3.8, 4) is 0 Å². The van der Waals surface area contributed by atoms with Crippen LogP contribution in [0.1, 0.15) is 24.7 Å². The minimum Gasteiger partial charge on any atom is -0.301 e. The number of nitrogens with zero attached hydrogens (tertiary/aromatic N) is 5. The first-order chi connectivity index (χ1) is 12.3. The molecule has 1 amide bonds. The molecule has 3 heterocycles. The maximum Gasteiger partial charge on any atom is 0.451 e. The van der Waals surface area contributed by atoms with Gasteiger partial charge in [-0.1, -0.05) is 0 Å². The lowest BCUT2D eigenvalue weighted by Gasteiger charge is -2.30. The van der Waals surface area contributed by atoms with Gasteiger partial charge in [-0.3, -0.25) is 14.3 Å². The van der Waals surface area contributed by atoms with E-state index in [2.05, 4.69) is 15.4 Å². The Labute approximate surface area is 150 Å². The molecule has 1 aliphatic rings. The Morgan fingerprint density at radius 1 is 1.38 bits per heavy atom. The minimum absolute atomic E-state index is 0.164. The highest BCUT2D eigenvalue weighted by atomic mass is 32.1. The fourth-order valence-corrected chi connectivity index (χ4v) is 3.46. The molecule has 0 spiro atoms. The highest BCUT2D eigenvalue weighted by Gasteiger charge is 2.39. The van der Waals surface area contributed by atoms with Gasteiger partial charge in [-0.15, -0.1) is 16.4 Å². The number of carbonyl (C=O) groups excluding carboxylic acids is 1. The predicted octanol–water partition coefficient (Wildman–Crippen LogP) is 1.33. The second-order valence-corrected chi connectivity index (χ2v) is 6.89. The number of alkyl halides is 3. The average Bonchev–Trinajstić information content (AvgIpc) is 3.17. The lowest BCUT2D eigenvalue weighted by Crippen LogP contribution is -2.41. The van der Waals surface area contributed by atoms with Crippen molar-refractivity contribution in [3.05, 3.63) is 27.9 Å². The Morgan fingerprint density at radius 3 is 2.62 bits per heavy atom. The van der Waals surface area contributed by atoms with Crippen molar-refractivity contribution in [3.63, 3.8) is 0 Å². The second kappa shape index (κ2) is 7.19. The molecule has 0 unspecified atom stereocenters. The number of halogens is 3. The Hall–Kier alpha value is -2.21. The van der Waals surface area contributed by atoms with E-state index in [0.29, 0.717) is 35.6 Å². The van der Waals surface area contributed by atoms with Crippen LogP contribution in [0.25, 0.3) is 0 Å². The molecule has 1 saturated heterocycles. The van der Waals surface area contributed by atoms with Crippen molar-refractivity contribution in [2.24, 2.45) is 7.05 Å². The van der Waals surface area contributed by atoms with Crippen molar-refractivity contribution in [1.29, 1.82) is 0 Å². The van der Waals surface area contributed by atoms with Gasteiger partial charge in [-0.2, -0.15) is 13.2 Å². The number of amides is 1. The molecule has 1 N–H and O–H groups in total. The quantitative estimate of drug-likeness (QED) is 0.852. The van der Waals surface area contributed by atoms with Crippen molar-refractivity contribution < 1.29 is 18.0 Å². The molecule has 0 bridgehead atoms. The van der Waals surface area contributed by atoms with Gasteiger partial charge < -0.3 is 5.32 Å². The first-order valence-corrected chi connectivity index (χ1v) is 8.78. The number of rotatable bonds is 4. The van der Waals surface area contributed by atoms with Crippen LogP contribution in [0, 0.1) is 0 Å². The summed E-state index contributed by atoms with van der Waals surface area (Å²) in [6, 6.07) is -0.414. The number of piperidine rings is 1. The van der Waals surface area contributed by atoms with Gasteiger partial charge in [0, 0.05) is 31.7 Å². The summed E-state index contributed by atoms with van der Waals surface area (Å²) in [7, 11) is 1.06. The normalized spacial score (nSPS) is 16.8. The Balaban J connectivity index is 1.59. The minimum atomic E-state index is -4.67. The maximum atomic E-state index is 12.9. The van der Waals surface area contributed by atoms with Crippen molar-refractivity contribution in [2.45, 2.75) is 25.1 Å². The molecule has 1 fully saturated rings. The lowest BCUT2D eigenvalue weighted by molar-refractivity contribution is -0.147. The zero-order chi connectivity index (χ0) is 18.9. The van der Waals surface area contributed by atoms with Crippen LogP contribution in [0.15, 0.2) is 16.4 Å². The number of hydrogen-bond donors (Lipinski definition) is 1. The molecule has 3 rings (SSSR count). The van der Waals surface area contributed by atoms with Crippen LogP contribution >= 0.6 is 11.3 Å². The molecule has 26 heavy (non-hydrogen) atoms. The molecular weight excluding hydrogens is 373 g/mol.